The van der Waals surface area contributed by atoms with Gasteiger partial charge in [0.05, 0.1) is 4.92 Å². The van der Waals surface area contributed by atoms with Gasteiger partial charge in [-0.05, 0) is 48.4 Å². The second kappa shape index (κ2) is 8.34. The summed E-state index contributed by atoms with van der Waals surface area (Å²) in [6, 6.07) is 6.19. The highest BCUT2D eigenvalue weighted by atomic mass is 28.4. The summed E-state index contributed by atoms with van der Waals surface area (Å²) in [5, 5.41) is 15.3. The highest BCUT2D eigenvalue weighted by Crippen LogP contribution is 2.37. The summed E-state index contributed by atoms with van der Waals surface area (Å²) < 4.78 is 12.1. The molecule has 0 heterocycles. The predicted molar refractivity (Wildman–Crippen MR) is 119 cm³/mol. The van der Waals surface area contributed by atoms with Gasteiger partial charge in [0.25, 0.3) is 14.0 Å². The average molecular weight is 426 g/mol. The molecule has 0 fully saturated rings. The molecule has 1 rings (SSSR count). The fourth-order valence-electron chi connectivity index (χ4n) is 1.50. The van der Waals surface area contributed by atoms with Crippen LogP contribution in [0.5, 0.6) is 0 Å². The number of nitro benzene ring substituents is 1. The molecule has 9 heteroatoms. The van der Waals surface area contributed by atoms with Gasteiger partial charge in [0, 0.05) is 17.7 Å². The number of oxime groups is 1. The largest absolute Gasteiger partial charge is 0.453 e. The smallest absolute Gasteiger partial charge is 0.286 e. The van der Waals surface area contributed by atoms with Crippen molar-refractivity contribution in [2.75, 3.05) is 0 Å². The number of non-ortho nitro benzene ring substituents is 1. The van der Waals surface area contributed by atoms with Crippen LogP contribution in [0.15, 0.2) is 29.4 Å². The van der Waals surface area contributed by atoms with Crippen LogP contribution >= 0.6 is 0 Å². The minimum atomic E-state index is -2.12. The number of hydroxylamine groups is 1. The van der Waals surface area contributed by atoms with Crippen LogP contribution in [0.3, 0.4) is 0 Å². The van der Waals surface area contributed by atoms with Gasteiger partial charge in [-0.15, -0.1) is 0 Å². The molecule has 0 saturated heterocycles. The molecule has 1 aromatic carbocycles. The Balaban J connectivity index is 3.20. The van der Waals surface area contributed by atoms with Crippen molar-refractivity contribution in [3.8, 4) is 0 Å². The SMILES string of the molecule is CC(C)(C)[Si](C)(C)O/N=C(/NO[Si](C)(C)C(C)(C)C)c1ccc([N+](=O)[O-])cc1. The van der Waals surface area contributed by atoms with E-state index in [1.165, 1.54) is 12.1 Å². The molecule has 0 bridgehead atoms. The summed E-state index contributed by atoms with van der Waals surface area (Å²) in [6.07, 6.45) is 0. The molecule has 0 atom stereocenters. The minimum Gasteiger partial charge on any atom is -0.453 e. The number of nitrogens with one attached hydrogen (secondary N) is 1. The van der Waals surface area contributed by atoms with Crippen LogP contribution in [-0.4, -0.2) is 27.4 Å². The number of benzene rings is 1. The first-order valence-corrected chi connectivity index (χ1v) is 15.2. The summed E-state index contributed by atoms with van der Waals surface area (Å²) in [5.74, 6) is 0.421. The van der Waals surface area contributed by atoms with Crippen molar-refractivity contribution in [3.05, 3.63) is 39.9 Å². The first-order valence-electron chi connectivity index (χ1n) is 9.43. The van der Waals surface area contributed by atoms with E-state index in [1.54, 1.807) is 12.1 Å². The van der Waals surface area contributed by atoms with E-state index >= 15 is 0 Å². The van der Waals surface area contributed by atoms with Crippen LogP contribution in [0.1, 0.15) is 47.1 Å². The van der Waals surface area contributed by atoms with Crippen molar-refractivity contribution < 1.29 is 14.0 Å². The summed E-state index contributed by atoms with van der Waals surface area (Å²) in [4.78, 5) is 10.5. The first kappa shape index (κ1) is 24.3. The molecule has 0 aliphatic carbocycles. The highest BCUT2D eigenvalue weighted by Gasteiger charge is 2.41. The Morgan fingerprint density at radius 1 is 0.964 bits per heavy atom. The van der Waals surface area contributed by atoms with Crippen LogP contribution in [0.2, 0.25) is 36.3 Å². The van der Waals surface area contributed by atoms with E-state index in [1.807, 2.05) is 0 Å². The predicted octanol–water partition coefficient (Wildman–Crippen LogP) is 5.80. The van der Waals surface area contributed by atoms with Gasteiger partial charge in [0.15, 0.2) is 5.84 Å². The van der Waals surface area contributed by atoms with E-state index in [2.05, 4.69) is 78.4 Å². The van der Waals surface area contributed by atoms with Gasteiger partial charge >= 0.3 is 0 Å². The first-order chi connectivity index (χ1) is 12.5. The third-order valence-corrected chi connectivity index (χ3v) is 14.1. The Morgan fingerprint density at radius 2 is 1.43 bits per heavy atom. The van der Waals surface area contributed by atoms with Gasteiger partial charge in [0.1, 0.15) is 0 Å². The van der Waals surface area contributed by atoms with Gasteiger partial charge in [0.2, 0.25) is 8.32 Å². The van der Waals surface area contributed by atoms with E-state index in [0.29, 0.717) is 11.4 Å². The molecule has 0 amide bonds. The van der Waals surface area contributed by atoms with Crippen LogP contribution in [-0.2, 0) is 9.05 Å². The monoisotopic (exact) mass is 425 g/mol. The topological polar surface area (TPSA) is 86.0 Å². The van der Waals surface area contributed by atoms with Gasteiger partial charge in [-0.1, -0.05) is 46.7 Å². The second-order valence-electron chi connectivity index (χ2n) is 10.1. The fourth-order valence-corrected chi connectivity index (χ4v) is 2.75. The Hall–Kier alpha value is -1.72. The van der Waals surface area contributed by atoms with E-state index in [-0.39, 0.29) is 15.8 Å². The second-order valence-corrected chi connectivity index (χ2v) is 19.5. The number of hydrogen-bond donors (Lipinski definition) is 1. The van der Waals surface area contributed by atoms with Crippen molar-refractivity contribution in [1.29, 1.82) is 0 Å². The molecular weight excluding hydrogens is 390 g/mol. The Morgan fingerprint density at radius 3 is 1.82 bits per heavy atom. The molecule has 158 valence electrons. The molecule has 0 aliphatic heterocycles. The van der Waals surface area contributed by atoms with Gasteiger partial charge in [-0.2, -0.15) is 0 Å². The summed E-state index contributed by atoms with van der Waals surface area (Å²) in [5.41, 5.74) is 3.69. The van der Waals surface area contributed by atoms with Crippen molar-refractivity contribution >= 4 is 28.2 Å². The molecule has 0 aromatic heterocycles. The maximum atomic E-state index is 10.9. The Bertz CT molecular complexity index is 718. The molecule has 28 heavy (non-hydrogen) atoms. The van der Waals surface area contributed by atoms with E-state index in [4.69, 9.17) is 9.05 Å². The quantitative estimate of drug-likeness (QED) is 0.204. The zero-order chi connectivity index (χ0) is 22.0. The molecule has 0 radical (unpaired) electrons. The van der Waals surface area contributed by atoms with Crippen LogP contribution < -0.4 is 5.48 Å². The molecular formula is C19H35N3O4Si2. The zero-order valence-corrected chi connectivity index (χ0v) is 20.8. The lowest BCUT2D eigenvalue weighted by Gasteiger charge is -2.36. The highest BCUT2D eigenvalue weighted by molar-refractivity contribution is 6.74. The van der Waals surface area contributed by atoms with E-state index in [9.17, 15) is 10.1 Å². The van der Waals surface area contributed by atoms with Crippen LogP contribution in [0.4, 0.5) is 5.69 Å². The molecule has 0 aliphatic rings. The lowest BCUT2D eigenvalue weighted by molar-refractivity contribution is -0.384. The number of hydrogen-bond acceptors (Lipinski definition) is 5. The molecule has 0 unspecified atom stereocenters. The van der Waals surface area contributed by atoms with Gasteiger partial charge < -0.3 is 9.05 Å². The van der Waals surface area contributed by atoms with Gasteiger partial charge in [-0.25, -0.2) is 0 Å². The average Bonchev–Trinajstić information content (AvgIpc) is 2.52. The molecule has 1 aromatic rings. The number of nitro groups is 1. The lowest BCUT2D eigenvalue weighted by Crippen LogP contribution is -2.47. The maximum absolute atomic E-state index is 10.9. The van der Waals surface area contributed by atoms with Crippen molar-refractivity contribution in [2.24, 2.45) is 5.16 Å². The standard InChI is InChI=1S/C19H35N3O4Si2/c1-18(2,3)27(7,8)25-20-17(21-26-28(9,10)19(4,5)6)15-11-13-16(14-12-15)22(23)24/h11-14H,1-10H3,(H,20,21). The number of rotatable bonds is 6. The van der Waals surface area contributed by atoms with Crippen molar-refractivity contribution in [1.82, 2.24) is 5.48 Å². The van der Waals surface area contributed by atoms with Crippen molar-refractivity contribution in [2.45, 2.75) is 77.8 Å². The third-order valence-electron chi connectivity index (χ3n) is 5.73. The number of nitrogens with zero attached hydrogens (tertiary/aromatic N) is 2. The minimum absolute atomic E-state index is 0.00261. The maximum Gasteiger partial charge on any atom is 0.286 e. The lowest BCUT2D eigenvalue weighted by atomic mass is 10.2. The fraction of sp³-hybridized carbons (Fsp3) is 0.632. The van der Waals surface area contributed by atoms with Crippen LogP contribution in [0, 0.1) is 10.1 Å². The van der Waals surface area contributed by atoms with E-state index < -0.39 is 21.6 Å². The van der Waals surface area contributed by atoms with Crippen molar-refractivity contribution in [3.63, 3.8) is 0 Å². The van der Waals surface area contributed by atoms with Gasteiger partial charge in [-0.3, -0.25) is 15.6 Å². The normalized spacial score (nSPS) is 14.0. The summed E-state index contributed by atoms with van der Waals surface area (Å²) in [6.45, 7) is 21.3. The molecule has 0 saturated carbocycles. The zero-order valence-electron chi connectivity index (χ0n) is 18.8. The van der Waals surface area contributed by atoms with Crippen LogP contribution in [0.25, 0.3) is 0 Å². The Labute approximate surface area is 170 Å². The summed E-state index contributed by atoms with van der Waals surface area (Å²) in [7, 11) is -4.21. The summed E-state index contributed by atoms with van der Waals surface area (Å²) >= 11 is 0. The molecule has 1 N–H and O–H groups in total. The third kappa shape index (κ3) is 6.15. The van der Waals surface area contributed by atoms with E-state index in [0.717, 1.165) is 0 Å². The molecule has 7 nitrogen and oxygen atoms in total. The Kier molecular flexibility index (Phi) is 7.24. The molecule has 0 spiro atoms. The number of amidine groups is 1.